The van der Waals surface area contributed by atoms with Gasteiger partial charge in [0.15, 0.2) is 17.5 Å². The van der Waals surface area contributed by atoms with Crippen molar-refractivity contribution in [3.05, 3.63) is 65.5 Å². The Morgan fingerprint density at radius 2 is 1.56 bits per heavy atom. The van der Waals surface area contributed by atoms with Gasteiger partial charge in [0, 0.05) is 6.42 Å². The molecule has 0 spiro atoms. The molecule has 0 aliphatic heterocycles. The largest absolute Gasteiger partial charge is 0.471 e. The first-order valence-corrected chi connectivity index (χ1v) is 7.45. The van der Waals surface area contributed by atoms with Crippen molar-refractivity contribution in [1.29, 1.82) is 0 Å². The van der Waals surface area contributed by atoms with Crippen LogP contribution in [0.2, 0.25) is 0 Å². The minimum Gasteiger partial charge on any atom is -0.336 e. The summed E-state index contributed by atoms with van der Waals surface area (Å²) in [7, 11) is 0. The van der Waals surface area contributed by atoms with Gasteiger partial charge in [0.05, 0.1) is 5.69 Å². The Kier molecular flexibility index (Phi) is 6.09. The summed E-state index contributed by atoms with van der Waals surface area (Å²) in [4.78, 5) is 23.4. The Balaban J connectivity index is 2.25. The Bertz CT molecular complexity index is 839. The zero-order chi connectivity index (χ0) is 20.2. The van der Waals surface area contributed by atoms with Crippen molar-refractivity contribution in [3.63, 3.8) is 0 Å². The molecule has 2 N–H and O–H groups in total. The third-order valence-electron chi connectivity index (χ3n) is 3.45. The molecular formula is C17H12F6N2O2. The maximum atomic E-state index is 13.7. The number of carbonyl (C=O) groups excluding carboxylic acids is 2. The number of hydrogen-bond acceptors (Lipinski definition) is 2. The van der Waals surface area contributed by atoms with Crippen LogP contribution in [0.1, 0.15) is 5.56 Å². The summed E-state index contributed by atoms with van der Waals surface area (Å²) in [5.41, 5.74) is -0.371. The molecule has 27 heavy (non-hydrogen) atoms. The normalized spacial score (nSPS) is 12.4. The molecule has 0 aliphatic rings. The number of amides is 2. The third kappa shape index (κ3) is 5.22. The SMILES string of the molecule is O=C(Nc1ccc(F)c(F)c1F)C(Cc1ccccc1)NC(=O)C(F)(F)F. The summed E-state index contributed by atoms with van der Waals surface area (Å²) in [5, 5.41) is 3.36. The highest BCUT2D eigenvalue weighted by atomic mass is 19.4. The molecule has 2 aromatic carbocycles. The molecule has 0 fully saturated rings. The Hall–Kier alpha value is -3.04. The van der Waals surface area contributed by atoms with Crippen molar-refractivity contribution in [2.45, 2.75) is 18.6 Å². The first-order chi connectivity index (χ1) is 12.6. The fourth-order valence-electron chi connectivity index (χ4n) is 2.14. The standard InChI is InChI=1S/C17H12F6N2O2/c18-10-6-7-11(14(20)13(10)19)24-15(26)12(25-16(27)17(21,22)23)8-9-4-2-1-3-5-9/h1-7,12H,8H2,(H,24,26)(H,25,27). The van der Waals surface area contributed by atoms with E-state index in [0.717, 1.165) is 0 Å². The average molecular weight is 390 g/mol. The lowest BCUT2D eigenvalue weighted by Crippen LogP contribution is -2.49. The zero-order valence-electron chi connectivity index (χ0n) is 13.4. The number of carbonyl (C=O) groups is 2. The molecule has 0 radical (unpaired) electrons. The number of hydrogen-bond donors (Lipinski definition) is 2. The van der Waals surface area contributed by atoms with Crippen LogP contribution in [-0.4, -0.2) is 24.0 Å². The van der Waals surface area contributed by atoms with Crippen molar-refractivity contribution in [2.75, 3.05) is 5.32 Å². The van der Waals surface area contributed by atoms with E-state index >= 15 is 0 Å². The van der Waals surface area contributed by atoms with Gasteiger partial charge in [0.2, 0.25) is 5.91 Å². The molecule has 10 heteroatoms. The Morgan fingerprint density at radius 1 is 0.926 bits per heavy atom. The lowest BCUT2D eigenvalue weighted by atomic mass is 10.0. The molecule has 0 bridgehead atoms. The summed E-state index contributed by atoms with van der Waals surface area (Å²) in [6.07, 6.45) is -5.59. The highest BCUT2D eigenvalue weighted by molar-refractivity contribution is 5.98. The summed E-state index contributed by atoms with van der Waals surface area (Å²) in [6.45, 7) is 0. The van der Waals surface area contributed by atoms with E-state index in [-0.39, 0.29) is 6.42 Å². The van der Waals surface area contributed by atoms with E-state index in [1.807, 2.05) is 5.32 Å². The summed E-state index contributed by atoms with van der Waals surface area (Å²) >= 11 is 0. The maximum absolute atomic E-state index is 13.7. The van der Waals surface area contributed by atoms with Crippen LogP contribution in [0.3, 0.4) is 0 Å². The molecular weight excluding hydrogens is 378 g/mol. The van der Waals surface area contributed by atoms with Crippen LogP contribution in [0, 0.1) is 17.5 Å². The average Bonchev–Trinajstić information content (AvgIpc) is 2.61. The molecule has 0 aromatic heterocycles. The van der Waals surface area contributed by atoms with Crippen LogP contribution in [0.15, 0.2) is 42.5 Å². The number of rotatable bonds is 5. The minimum atomic E-state index is -5.25. The number of halogens is 6. The molecule has 1 atom stereocenters. The maximum Gasteiger partial charge on any atom is 0.471 e. The van der Waals surface area contributed by atoms with E-state index in [0.29, 0.717) is 17.7 Å². The topological polar surface area (TPSA) is 58.2 Å². The number of anilines is 1. The van der Waals surface area contributed by atoms with Gasteiger partial charge in [-0.2, -0.15) is 13.2 Å². The van der Waals surface area contributed by atoms with Crippen LogP contribution in [0.25, 0.3) is 0 Å². The van der Waals surface area contributed by atoms with Gasteiger partial charge in [-0.3, -0.25) is 9.59 Å². The number of alkyl halides is 3. The van der Waals surface area contributed by atoms with E-state index in [1.54, 1.807) is 18.2 Å². The van der Waals surface area contributed by atoms with Crippen molar-refractivity contribution in [1.82, 2.24) is 5.32 Å². The second-order valence-electron chi connectivity index (χ2n) is 5.43. The van der Waals surface area contributed by atoms with E-state index in [1.165, 1.54) is 17.4 Å². The molecule has 1 unspecified atom stereocenters. The highest BCUT2D eigenvalue weighted by Gasteiger charge is 2.41. The molecule has 144 valence electrons. The third-order valence-corrected chi connectivity index (χ3v) is 3.45. The smallest absolute Gasteiger partial charge is 0.336 e. The van der Waals surface area contributed by atoms with Crippen molar-refractivity contribution >= 4 is 17.5 Å². The molecule has 0 saturated heterocycles. The fourth-order valence-corrected chi connectivity index (χ4v) is 2.14. The number of nitrogens with one attached hydrogen (secondary N) is 2. The van der Waals surface area contributed by atoms with Gasteiger partial charge in [-0.25, -0.2) is 13.2 Å². The Labute approximate surface area is 149 Å². The summed E-state index contributed by atoms with van der Waals surface area (Å²) in [6, 6.07) is 7.25. The van der Waals surface area contributed by atoms with Crippen LogP contribution in [-0.2, 0) is 16.0 Å². The highest BCUT2D eigenvalue weighted by Crippen LogP contribution is 2.20. The van der Waals surface area contributed by atoms with E-state index < -0.39 is 47.2 Å². The first-order valence-electron chi connectivity index (χ1n) is 7.45. The predicted octanol–water partition coefficient (Wildman–Crippen LogP) is 3.33. The second-order valence-corrected chi connectivity index (χ2v) is 5.43. The summed E-state index contributed by atoms with van der Waals surface area (Å²) < 4.78 is 77.4. The molecule has 4 nitrogen and oxygen atoms in total. The van der Waals surface area contributed by atoms with Gasteiger partial charge in [-0.1, -0.05) is 30.3 Å². The molecule has 0 aliphatic carbocycles. The van der Waals surface area contributed by atoms with Crippen molar-refractivity contribution in [2.24, 2.45) is 0 Å². The molecule has 0 saturated carbocycles. The van der Waals surface area contributed by atoms with Crippen LogP contribution in [0.5, 0.6) is 0 Å². The van der Waals surface area contributed by atoms with E-state index in [4.69, 9.17) is 0 Å². The quantitative estimate of drug-likeness (QED) is 0.608. The van der Waals surface area contributed by atoms with Crippen molar-refractivity contribution < 1.29 is 35.9 Å². The van der Waals surface area contributed by atoms with E-state index in [9.17, 15) is 35.9 Å². The summed E-state index contributed by atoms with van der Waals surface area (Å²) in [5.74, 6) is -8.68. The minimum absolute atomic E-state index is 0.347. The van der Waals surface area contributed by atoms with Gasteiger partial charge in [-0.15, -0.1) is 0 Å². The van der Waals surface area contributed by atoms with Gasteiger partial charge in [0.1, 0.15) is 6.04 Å². The molecule has 2 rings (SSSR count). The Morgan fingerprint density at radius 3 is 2.15 bits per heavy atom. The van der Waals surface area contributed by atoms with Crippen LogP contribution in [0.4, 0.5) is 32.0 Å². The predicted molar refractivity (Wildman–Crippen MR) is 83.1 cm³/mol. The van der Waals surface area contributed by atoms with E-state index in [2.05, 4.69) is 0 Å². The fraction of sp³-hybridized carbons (Fsp3) is 0.176. The van der Waals surface area contributed by atoms with Gasteiger partial charge < -0.3 is 10.6 Å². The lowest BCUT2D eigenvalue weighted by molar-refractivity contribution is -0.174. The lowest BCUT2D eigenvalue weighted by Gasteiger charge is -2.19. The van der Waals surface area contributed by atoms with Gasteiger partial charge >= 0.3 is 12.1 Å². The second kappa shape index (κ2) is 8.11. The molecule has 2 aromatic rings. The zero-order valence-corrected chi connectivity index (χ0v) is 13.4. The van der Waals surface area contributed by atoms with Crippen LogP contribution < -0.4 is 10.6 Å². The van der Waals surface area contributed by atoms with Crippen LogP contribution >= 0.6 is 0 Å². The van der Waals surface area contributed by atoms with Gasteiger partial charge in [0.25, 0.3) is 0 Å². The number of benzene rings is 2. The van der Waals surface area contributed by atoms with Gasteiger partial charge in [-0.05, 0) is 17.7 Å². The first kappa shape index (κ1) is 20.3. The molecule has 0 heterocycles. The molecule has 2 amide bonds. The van der Waals surface area contributed by atoms with Crippen molar-refractivity contribution in [3.8, 4) is 0 Å². The monoisotopic (exact) mass is 390 g/mol.